The van der Waals surface area contributed by atoms with Gasteiger partial charge in [0.15, 0.2) is 5.65 Å². The van der Waals surface area contributed by atoms with E-state index in [0.29, 0.717) is 23.4 Å². The van der Waals surface area contributed by atoms with Crippen molar-refractivity contribution >= 4 is 33.0 Å². The molecular formula is C21H17BrN4O2. The van der Waals surface area contributed by atoms with Crippen molar-refractivity contribution < 1.29 is 4.79 Å². The number of amides is 1. The summed E-state index contributed by atoms with van der Waals surface area (Å²) < 4.78 is 3.93. The van der Waals surface area contributed by atoms with Crippen LogP contribution in [0.5, 0.6) is 0 Å². The third kappa shape index (κ3) is 3.61. The molecule has 0 radical (unpaired) electrons. The zero-order valence-electron chi connectivity index (χ0n) is 14.9. The molecule has 0 bridgehead atoms. The molecule has 2 aromatic carbocycles. The maximum absolute atomic E-state index is 13.0. The number of carbonyl (C=O) groups excluding carboxylic acids is 1. The molecule has 2 aromatic heterocycles. The van der Waals surface area contributed by atoms with Crippen LogP contribution in [0.15, 0.2) is 82.2 Å². The van der Waals surface area contributed by atoms with Gasteiger partial charge in [0.2, 0.25) is 5.91 Å². The zero-order chi connectivity index (χ0) is 19.5. The van der Waals surface area contributed by atoms with Crippen LogP contribution in [-0.2, 0) is 17.9 Å². The van der Waals surface area contributed by atoms with E-state index in [0.717, 1.165) is 10.0 Å². The molecule has 0 atom stereocenters. The Labute approximate surface area is 169 Å². The molecule has 1 N–H and O–H groups in total. The highest BCUT2D eigenvalue weighted by molar-refractivity contribution is 9.10. The van der Waals surface area contributed by atoms with Crippen molar-refractivity contribution in [1.82, 2.24) is 19.4 Å². The van der Waals surface area contributed by atoms with E-state index in [1.807, 2.05) is 54.6 Å². The monoisotopic (exact) mass is 436 g/mol. The second kappa shape index (κ2) is 7.82. The third-order valence-corrected chi connectivity index (χ3v) is 4.88. The van der Waals surface area contributed by atoms with Gasteiger partial charge in [-0.15, -0.1) is 0 Å². The Morgan fingerprint density at radius 1 is 1.04 bits per heavy atom. The fourth-order valence-corrected chi connectivity index (χ4v) is 3.54. The summed E-state index contributed by atoms with van der Waals surface area (Å²) in [5.74, 6) is -0.238. The first-order valence-corrected chi connectivity index (χ1v) is 9.55. The van der Waals surface area contributed by atoms with Gasteiger partial charge in [0.25, 0.3) is 0 Å². The fraction of sp³-hybridized carbons (Fsp3) is 0.0952. The molecule has 6 nitrogen and oxygen atoms in total. The molecule has 0 aliphatic carbocycles. The number of hydrogen-bond donors (Lipinski definition) is 1. The average Bonchev–Trinajstić information content (AvgIpc) is 2.99. The number of nitrogens with zero attached hydrogens (tertiary/aromatic N) is 3. The van der Waals surface area contributed by atoms with Gasteiger partial charge in [0.05, 0.1) is 11.2 Å². The number of halogens is 1. The third-order valence-electron chi connectivity index (χ3n) is 4.39. The summed E-state index contributed by atoms with van der Waals surface area (Å²) in [6.45, 7) is 0.317. The minimum Gasteiger partial charge on any atom is -0.350 e. The first kappa shape index (κ1) is 18.2. The van der Waals surface area contributed by atoms with Gasteiger partial charge in [-0.05, 0) is 42.0 Å². The quantitative estimate of drug-likeness (QED) is 0.521. The fourth-order valence-electron chi connectivity index (χ4n) is 3.10. The van der Waals surface area contributed by atoms with Crippen LogP contribution in [0, 0.1) is 0 Å². The van der Waals surface area contributed by atoms with Crippen LogP contribution in [-0.4, -0.2) is 20.0 Å². The lowest BCUT2D eigenvalue weighted by molar-refractivity contribution is -0.121. The van der Waals surface area contributed by atoms with Crippen LogP contribution >= 0.6 is 15.9 Å². The van der Waals surface area contributed by atoms with Gasteiger partial charge in [-0.1, -0.05) is 46.3 Å². The molecule has 1 amide bonds. The van der Waals surface area contributed by atoms with Crippen molar-refractivity contribution in [2.75, 3.05) is 0 Å². The van der Waals surface area contributed by atoms with Gasteiger partial charge in [0.1, 0.15) is 6.54 Å². The number of fused-ring (bicyclic) bond motifs is 1. The van der Waals surface area contributed by atoms with E-state index in [9.17, 15) is 9.59 Å². The average molecular weight is 437 g/mol. The highest BCUT2D eigenvalue weighted by atomic mass is 79.9. The largest absolute Gasteiger partial charge is 0.350 e. The van der Waals surface area contributed by atoms with E-state index in [4.69, 9.17) is 0 Å². The Morgan fingerprint density at radius 2 is 1.86 bits per heavy atom. The van der Waals surface area contributed by atoms with Crippen molar-refractivity contribution in [1.29, 1.82) is 0 Å². The number of para-hydroxylation sites is 1. The van der Waals surface area contributed by atoms with E-state index >= 15 is 0 Å². The highest BCUT2D eigenvalue weighted by Crippen LogP contribution is 2.15. The van der Waals surface area contributed by atoms with Crippen LogP contribution in [0.3, 0.4) is 0 Å². The van der Waals surface area contributed by atoms with E-state index in [1.54, 1.807) is 18.3 Å². The standard InChI is InChI=1S/C21H17BrN4O2/c22-16-7-4-6-15(12-16)13-24-19(27)14-25-18-10-5-11-23-20(18)26(21(25)28)17-8-2-1-3-9-17/h1-12H,13-14H2,(H,24,27). The second-order valence-corrected chi connectivity index (χ2v) is 7.21. The summed E-state index contributed by atoms with van der Waals surface area (Å²) in [5.41, 5.74) is 2.54. The number of aromatic nitrogens is 3. The summed E-state index contributed by atoms with van der Waals surface area (Å²) in [7, 11) is 0. The van der Waals surface area contributed by atoms with Crippen molar-refractivity contribution in [3.63, 3.8) is 0 Å². The Morgan fingerprint density at radius 3 is 2.64 bits per heavy atom. The SMILES string of the molecule is O=C(Cn1c(=O)n(-c2ccccc2)c2ncccc21)NCc1cccc(Br)c1. The number of carbonyl (C=O) groups is 1. The van der Waals surface area contributed by atoms with Crippen LogP contribution in [0.25, 0.3) is 16.9 Å². The zero-order valence-corrected chi connectivity index (χ0v) is 16.5. The van der Waals surface area contributed by atoms with Gasteiger partial charge in [-0.2, -0.15) is 0 Å². The molecule has 2 heterocycles. The molecule has 0 aliphatic heterocycles. The van der Waals surface area contributed by atoms with E-state index in [2.05, 4.69) is 26.2 Å². The van der Waals surface area contributed by atoms with Crippen LogP contribution in [0.1, 0.15) is 5.56 Å². The number of hydrogen-bond acceptors (Lipinski definition) is 3. The minimum atomic E-state index is -0.294. The smallest absolute Gasteiger partial charge is 0.335 e. The maximum atomic E-state index is 13.0. The van der Waals surface area contributed by atoms with Gasteiger partial charge >= 0.3 is 5.69 Å². The van der Waals surface area contributed by atoms with Crippen LogP contribution < -0.4 is 11.0 Å². The summed E-state index contributed by atoms with van der Waals surface area (Å²) in [5, 5.41) is 2.87. The molecule has 0 spiro atoms. The van der Waals surface area contributed by atoms with Crippen molar-refractivity contribution in [3.05, 3.63) is 93.4 Å². The number of nitrogens with one attached hydrogen (secondary N) is 1. The first-order chi connectivity index (χ1) is 13.6. The Kier molecular flexibility index (Phi) is 5.08. The Hall–Kier alpha value is -3.19. The molecule has 0 unspecified atom stereocenters. The molecule has 4 aromatic rings. The maximum Gasteiger partial charge on any atom is 0.335 e. The normalized spacial score (nSPS) is 10.9. The first-order valence-electron chi connectivity index (χ1n) is 8.76. The van der Waals surface area contributed by atoms with Crippen molar-refractivity contribution in [3.8, 4) is 5.69 Å². The van der Waals surface area contributed by atoms with Crippen LogP contribution in [0.2, 0.25) is 0 Å². The van der Waals surface area contributed by atoms with Gasteiger partial charge < -0.3 is 5.32 Å². The lowest BCUT2D eigenvalue weighted by atomic mass is 10.2. The number of benzene rings is 2. The van der Waals surface area contributed by atoms with E-state index in [-0.39, 0.29) is 18.1 Å². The van der Waals surface area contributed by atoms with Crippen molar-refractivity contribution in [2.45, 2.75) is 13.1 Å². The van der Waals surface area contributed by atoms with Gasteiger partial charge in [-0.25, -0.2) is 14.3 Å². The molecule has 4 rings (SSSR count). The summed E-state index contributed by atoms with van der Waals surface area (Å²) in [6, 6.07) is 20.6. The molecule has 28 heavy (non-hydrogen) atoms. The minimum absolute atomic E-state index is 0.0745. The number of imidazole rings is 1. The highest BCUT2D eigenvalue weighted by Gasteiger charge is 2.17. The predicted octanol–water partition coefficient (Wildman–Crippen LogP) is 3.27. The summed E-state index contributed by atoms with van der Waals surface area (Å²) in [4.78, 5) is 29.9. The Bertz CT molecular complexity index is 1200. The lowest BCUT2D eigenvalue weighted by Gasteiger charge is -2.07. The summed E-state index contributed by atoms with van der Waals surface area (Å²) in [6.07, 6.45) is 1.64. The number of rotatable bonds is 5. The molecule has 0 saturated heterocycles. The molecule has 7 heteroatoms. The Balaban J connectivity index is 1.63. The molecule has 0 fully saturated rings. The predicted molar refractivity (Wildman–Crippen MR) is 111 cm³/mol. The van der Waals surface area contributed by atoms with Gasteiger partial charge in [-0.3, -0.25) is 9.36 Å². The molecule has 0 aliphatic rings. The number of pyridine rings is 1. The summed E-state index contributed by atoms with van der Waals surface area (Å²) >= 11 is 3.42. The lowest BCUT2D eigenvalue weighted by Crippen LogP contribution is -2.32. The molecule has 0 saturated carbocycles. The van der Waals surface area contributed by atoms with Crippen LogP contribution in [0.4, 0.5) is 0 Å². The van der Waals surface area contributed by atoms with E-state index in [1.165, 1.54) is 9.13 Å². The topological polar surface area (TPSA) is 68.9 Å². The second-order valence-electron chi connectivity index (χ2n) is 6.29. The van der Waals surface area contributed by atoms with E-state index < -0.39 is 0 Å². The molecule has 140 valence electrons. The van der Waals surface area contributed by atoms with Gasteiger partial charge in [0, 0.05) is 17.2 Å². The molecular weight excluding hydrogens is 420 g/mol. The van der Waals surface area contributed by atoms with Crippen molar-refractivity contribution in [2.24, 2.45) is 0 Å².